The minimum absolute atomic E-state index is 0.595. The van der Waals surface area contributed by atoms with Crippen LogP contribution in [-0.4, -0.2) is 19.9 Å². The molecular formula is C42H24N4O. The molecule has 10 rings (SSSR count). The number of benzene rings is 7. The number of fused-ring (bicyclic) bond motifs is 9. The first-order valence-electron chi connectivity index (χ1n) is 15.6. The van der Waals surface area contributed by atoms with Gasteiger partial charge in [0.15, 0.2) is 17.5 Å². The lowest BCUT2D eigenvalue weighted by Crippen LogP contribution is -2.00. The van der Waals surface area contributed by atoms with E-state index in [0.717, 1.165) is 65.7 Å². The second kappa shape index (κ2) is 10.0. The first-order chi connectivity index (χ1) is 23.3. The van der Waals surface area contributed by atoms with Crippen molar-refractivity contribution >= 4 is 65.2 Å². The second-order valence-corrected chi connectivity index (χ2v) is 11.9. The molecule has 0 saturated heterocycles. The van der Waals surface area contributed by atoms with E-state index < -0.39 is 0 Å². The van der Waals surface area contributed by atoms with E-state index in [0.29, 0.717) is 17.5 Å². The standard InChI is InChI=1S/C42H24N4O/c1-2-10-27-22-28(17-16-25(27)8-1)40-44-41(46-42(45-40)33-13-7-15-38-39(33)32-12-5-6-14-37(32)47-38)29-19-21-36-34(23-29)31-20-18-26-9-3-4-11-30(26)35(31)24-43-36/h1-24H. The van der Waals surface area contributed by atoms with Crippen LogP contribution in [0.4, 0.5) is 0 Å². The summed E-state index contributed by atoms with van der Waals surface area (Å²) in [4.78, 5) is 20.2. The lowest BCUT2D eigenvalue weighted by atomic mass is 9.99. The van der Waals surface area contributed by atoms with Crippen LogP contribution in [0.25, 0.3) is 99.3 Å². The number of hydrogen-bond acceptors (Lipinski definition) is 5. The number of rotatable bonds is 3. The van der Waals surface area contributed by atoms with Crippen molar-refractivity contribution in [2.75, 3.05) is 0 Å². The van der Waals surface area contributed by atoms with Crippen molar-refractivity contribution in [2.24, 2.45) is 0 Å². The fourth-order valence-electron chi connectivity index (χ4n) is 6.85. The molecule has 0 bridgehead atoms. The zero-order chi connectivity index (χ0) is 30.9. The number of furan rings is 1. The van der Waals surface area contributed by atoms with E-state index in [2.05, 4.69) is 109 Å². The van der Waals surface area contributed by atoms with Gasteiger partial charge < -0.3 is 4.42 Å². The predicted molar refractivity (Wildman–Crippen MR) is 191 cm³/mol. The summed E-state index contributed by atoms with van der Waals surface area (Å²) in [5.74, 6) is 1.81. The van der Waals surface area contributed by atoms with Gasteiger partial charge >= 0.3 is 0 Å². The van der Waals surface area contributed by atoms with E-state index in [1.807, 2.05) is 36.5 Å². The van der Waals surface area contributed by atoms with Gasteiger partial charge in [0.2, 0.25) is 0 Å². The molecule has 47 heavy (non-hydrogen) atoms. The number of para-hydroxylation sites is 1. The molecule has 5 nitrogen and oxygen atoms in total. The molecule has 0 aliphatic rings. The summed E-state index contributed by atoms with van der Waals surface area (Å²) in [6.07, 6.45) is 1.98. The molecule has 0 N–H and O–H groups in total. The Hall–Kier alpha value is -6.46. The van der Waals surface area contributed by atoms with E-state index >= 15 is 0 Å². The molecule has 0 fully saturated rings. The largest absolute Gasteiger partial charge is 0.456 e. The third-order valence-corrected chi connectivity index (χ3v) is 9.13. The van der Waals surface area contributed by atoms with Crippen LogP contribution in [0, 0.1) is 0 Å². The van der Waals surface area contributed by atoms with Gasteiger partial charge in [0.25, 0.3) is 0 Å². The van der Waals surface area contributed by atoms with Gasteiger partial charge in [0.05, 0.1) is 5.52 Å². The van der Waals surface area contributed by atoms with E-state index in [4.69, 9.17) is 24.4 Å². The maximum absolute atomic E-state index is 6.23. The molecule has 0 atom stereocenters. The Morgan fingerprint density at radius 1 is 0.404 bits per heavy atom. The Labute approximate surface area is 268 Å². The first kappa shape index (κ1) is 25.8. The van der Waals surface area contributed by atoms with Crippen LogP contribution in [0.3, 0.4) is 0 Å². The predicted octanol–water partition coefficient (Wildman–Crippen LogP) is 10.8. The van der Waals surface area contributed by atoms with E-state index in [-0.39, 0.29) is 0 Å². The van der Waals surface area contributed by atoms with E-state index in [1.54, 1.807) is 0 Å². The van der Waals surface area contributed by atoms with Crippen LogP contribution < -0.4 is 0 Å². The van der Waals surface area contributed by atoms with Gasteiger partial charge in [-0.15, -0.1) is 0 Å². The van der Waals surface area contributed by atoms with Gasteiger partial charge in [0, 0.05) is 44.4 Å². The molecule has 0 radical (unpaired) electrons. The molecule has 3 aromatic heterocycles. The molecule has 0 saturated carbocycles. The van der Waals surface area contributed by atoms with Crippen LogP contribution in [-0.2, 0) is 0 Å². The Kier molecular flexibility index (Phi) is 5.51. The lowest BCUT2D eigenvalue weighted by molar-refractivity contribution is 0.669. The monoisotopic (exact) mass is 600 g/mol. The number of nitrogens with zero attached hydrogens (tertiary/aromatic N) is 4. The van der Waals surface area contributed by atoms with Gasteiger partial charge in [0.1, 0.15) is 11.2 Å². The van der Waals surface area contributed by atoms with E-state index in [9.17, 15) is 0 Å². The number of hydrogen-bond donors (Lipinski definition) is 0. The van der Waals surface area contributed by atoms with E-state index in [1.165, 1.54) is 16.2 Å². The first-order valence-corrected chi connectivity index (χ1v) is 15.6. The normalized spacial score (nSPS) is 11.8. The highest BCUT2D eigenvalue weighted by atomic mass is 16.3. The quantitative estimate of drug-likeness (QED) is 0.189. The summed E-state index contributed by atoms with van der Waals surface area (Å²) in [6.45, 7) is 0. The molecule has 0 unspecified atom stereocenters. The zero-order valence-corrected chi connectivity index (χ0v) is 25.1. The Morgan fingerprint density at radius 2 is 1.09 bits per heavy atom. The lowest BCUT2D eigenvalue weighted by Gasteiger charge is -2.11. The molecule has 0 spiro atoms. The van der Waals surface area contributed by atoms with Gasteiger partial charge in [-0.05, 0) is 63.3 Å². The molecular weight excluding hydrogens is 576 g/mol. The SMILES string of the molecule is c1ccc2cc(-c3nc(-c4ccc5ncc6c7ccccc7ccc6c5c4)nc(-c4cccc5oc6ccccc6c45)n3)ccc2c1. The van der Waals surface area contributed by atoms with Crippen LogP contribution in [0.15, 0.2) is 150 Å². The highest BCUT2D eigenvalue weighted by Crippen LogP contribution is 2.37. The third-order valence-electron chi connectivity index (χ3n) is 9.13. The zero-order valence-electron chi connectivity index (χ0n) is 25.1. The molecule has 0 aliphatic heterocycles. The molecule has 3 heterocycles. The smallest absolute Gasteiger partial charge is 0.164 e. The fourth-order valence-corrected chi connectivity index (χ4v) is 6.85. The number of pyridine rings is 1. The Morgan fingerprint density at radius 3 is 1.98 bits per heavy atom. The molecule has 0 aliphatic carbocycles. The summed E-state index contributed by atoms with van der Waals surface area (Å²) >= 11 is 0. The maximum Gasteiger partial charge on any atom is 0.164 e. The van der Waals surface area contributed by atoms with Crippen LogP contribution in [0.2, 0.25) is 0 Å². The average molecular weight is 601 g/mol. The second-order valence-electron chi connectivity index (χ2n) is 11.9. The van der Waals surface area contributed by atoms with Crippen molar-refractivity contribution in [2.45, 2.75) is 0 Å². The van der Waals surface area contributed by atoms with Gasteiger partial charge in [-0.1, -0.05) is 103 Å². The summed E-state index contributed by atoms with van der Waals surface area (Å²) in [5, 5.41) is 10.0. The van der Waals surface area contributed by atoms with Crippen molar-refractivity contribution in [1.29, 1.82) is 0 Å². The van der Waals surface area contributed by atoms with Crippen LogP contribution >= 0.6 is 0 Å². The van der Waals surface area contributed by atoms with Crippen molar-refractivity contribution in [3.05, 3.63) is 146 Å². The minimum Gasteiger partial charge on any atom is -0.456 e. The third kappa shape index (κ3) is 4.10. The van der Waals surface area contributed by atoms with Crippen LogP contribution in [0.5, 0.6) is 0 Å². The minimum atomic E-state index is 0.595. The Balaban J connectivity index is 1.24. The summed E-state index contributed by atoms with van der Waals surface area (Å²) < 4.78 is 6.23. The summed E-state index contributed by atoms with van der Waals surface area (Å²) in [7, 11) is 0. The fraction of sp³-hybridized carbons (Fsp3) is 0. The topological polar surface area (TPSA) is 64.7 Å². The van der Waals surface area contributed by atoms with Crippen molar-refractivity contribution in [1.82, 2.24) is 19.9 Å². The molecule has 5 heteroatoms. The maximum atomic E-state index is 6.23. The molecule has 0 amide bonds. The van der Waals surface area contributed by atoms with Crippen molar-refractivity contribution in [3.63, 3.8) is 0 Å². The molecule has 10 aromatic rings. The number of aromatic nitrogens is 4. The highest BCUT2D eigenvalue weighted by molar-refractivity contribution is 6.16. The summed E-state index contributed by atoms with van der Waals surface area (Å²) in [5.41, 5.74) is 5.29. The summed E-state index contributed by atoms with van der Waals surface area (Å²) in [6, 6.07) is 47.9. The van der Waals surface area contributed by atoms with Gasteiger partial charge in [-0.2, -0.15) is 0 Å². The van der Waals surface area contributed by atoms with Crippen molar-refractivity contribution < 1.29 is 4.42 Å². The van der Waals surface area contributed by atoms with Crippen LogP contribution in [0.1, 0.15) is 0 Å². The Bertz CT molecular complexity index is 2870. The van der Waals surface area contributed by atoms with Crippen molar-refractivity contribution in [3.8, 4) is 34.2 Å². The molecule has 7 aromatic carbocycles. The van der Waals surface area contributed by atoms with Gasteiger partial charge in [-0.25, -0.2) is 15.0 Å². The van der Waals surface area contributed by atoms with Gasteiger partial charge in [-0.3, -0.25) is 4.98 Å². The molecule has 218 valence electrons. The average Bonchev–Trinajstić information content (AvgIpc) is 3.53. The highest BCUT2D eigenvalue weighted by Gasteiger charge is 2.18.